The summed E-state index contributed by atoms with van der Waals surface area (Å²) in [5, 5.41) is 17.4. The van der Waals surface area contributed by atoms with Gasteiger partial charge < -0.3 is 10.2 Å². The van der Waals surface area contributed by atoms with Gasteiger partial charge in [-0.25, -0.2) is 18.4 Å². The van der Waals surface area contributed by atoms with Gasteiger partial charge in [0, 0.05) is 6.42 Å². The molecule has 88 valence electrons. The van der Waals surface area contributed by atoms with Gasteiger partial charge in [-0.2, -0.15) is 0 Å². The van der Waals surface area contributed by atoms with E-state index in [1.165, 1.54) is 0 Å². The predicted octanol–water partition coefficient (Wildman–Crippen LogP) is 2.34. The third kappa shape index (κ3) is 2.99. The molecule has 0 bridgehead atoms. The highest BCUT2D eigenvalue weighted by atomic mass is 32.1. The van der Waals surface area contributed by atoms with E-state index >= 15 is 0 Å². The first-order valence-electron chi connectivity index (χ1n) is 4.18. The fraction of sp³-hybridized carbons (Fsp3) is 0.333. The molecule has 7 heteroatoms. The van der Waals surface area contributed by atoms with Crippen molar-refractivity contribution in [3.8, 4) is 0 Å². The van der Waals surface area contributed by atoms with E-state index in [0.29, 0.717) is 18.3 Å². The van der Waals surface area contributed by atoms with Crippen LogP contribution in [-0.2, 0) is 6.42 Å². The van der Waals surface area contributed by atoms with Gasteiger partial charge in [0.05, 0.1) is 0 Å². The fourth-order valence-electron chi connectivity index (χ4n) is 1.18. The Balaban J connectivity index is 3.15. The van der Waals surface area contributed by atoms with Crippen LogP contribution in [0.25, 0.3) is 0 Å². The molecule has 0 fully saturated rings. The maximum absolute atomic E-state index is 12.7. The van der Waals surface area contributed by atoms with Crippen LogP contribution < -0.4 is 0 Å². The number of thiophene rings is 1. The summed E-state index contributed by atoms with van der Waals surface area (Å²) in [6.45, 7) is 0.650. The number of carbonyl (C=O) groups is 2. The average molecular weight is 250 g/mol. The molecule has 0 spiro atoms. The normalized spacial score (nSPS) is 11.4. The molecule has 2 N–H and O–H groups in total. The third-order valence-electron chi connectivity index (χ3n) is 1.71. The van der Waals surface area contributed by atoms with Crippen LogP contribution in [0.5, 0.6) is 0 Å². The van der Waals surface area contributed by atoms with Gasteiger partial charge in [-0.15, -0.1) is 11.3 Å². The summed E-state index contributed by atoms with van der Waals surface area (Å²) < 4.78 is 25.5. The van der Waals surface area contributed by atoms with Crippen molar-refractivity contribution < 1.29 is 28.6 Å². The summed E-state index contributed by atoms with van der Waals surface area (Å²) in [7, 11) is 0. The summed E-state index contributed by atoms with van der Waals surface area (Å²) in [6.07, 6.45) is -0.779. The Kier molecular flexibility index (Phi) is 3.27. The molecule has 0 aliphatic heterocycles. The SMILES string of the molecule is CC(F)(F)Cc1cc(C(=O)O)sc1C(=O)O. The summed E-state index contributed by atoms with van der Waals surface area (Å²) in [5.41, 5.74) is -0.151. The van der Waals surface area contributed by atoms with Crippen LogP contribution in [0.15, 0.2) is 6.07 Å². The molecule has 0 aromatic carbocycles. The topological polar surface area (TPSA) is 74.6 Å². The minimum atomic E-state index is -3.07. The van der Waals surface area contributed by atoms with Crippen LogP contribution in [0, 0.1) is 0 Å². The highest BCUT2D eigenvalue weighted by Crippen LogP contribution is 2.28. The van der Waals surface area contributed by atoms with Crippen molar-refractivity contribution in [1.29, 1.82) is 0 Å². The molecule has 1 aromatic rings. The first-order valence-corrected chi connectivity index (χ1v) is 4.99. The molecule has 1 aromatic heterocycles. The van der Waals surface area contributed by atoms with Gasteiger partial charge in [0.25, 0.3) is 0 Å². The van der Waals surface area contributed by atoms with Gasteiger partial charge in [0.15, 0.2) is 0 Å². The molecule has 0 radical (unpaired) electrons. The fourth-order valence-corrected chi connectivity index (χ4v) is 2.04. The van der Waals surface area contributed by atoms with Crippen molar-refractivity contribution in [1.82, 2.24) is 0 Å². The average Bonchev–Trinajstić information content (AvgIpc) is 2.44. The van der Waals surface area contributed by atoms with Gasteiger partial charge in [-0.05, 0) is 18.6 Å². The molecule has 0 amide bonds. The van der Waals surface area contributed by atoms with Crippen molar-refractivity contribution in [2.75, 3.05) is 0 Å². The standard InChI is InChI=1S/C9H8F2O4S/c1-9(10,11)3-4-2-5(7(12)13)16-6(4)8(14)15/h2H,3H2,1H3,(H,12,13)(H,14,15). The second-order valence-corrected chi connectivity index (χ2v) is 4.37. The Bertz CT molecular complexity index is 433. The van der Waals surface area contributed by atoms with E-state index in [4.69, 9.17) is 10.2 Å². The number of hydrogen-bond donors (Lipinski definition) is 2. The van der Waals surface area contributed by atoms with Crippen LogP contribution in [0.1, 0.15) is 31.8 Å². The highest BCUT2D eigenvalue weighted by Gasteiger charge is 2.27. The van der Waals surface area contributed by atoms with Crippen LogP contribution in [0.4, 0.5) is 8.78 Å². The zero-order valence-corrected chi connectivity index (χ0v) is 8.98. The molecule has 0 saturated heterocycles. The van der Waals surface area contributed by atoms with Crippen LogP contribution in [0.2, 0.25) is 0 Å². The zero-order valence-electron chi connectivity index (χ0n) is 8.16. The van der Waals surface area contributed by atoms with Crippen molar-refractivity contribution >= 4 is 23.3 Å². The lowest BCUT2D eigenvalue weighted by Gasteiger charge is -2.08. The molecule has 0 saturated carbocycles. The summed E-state index contributed by atoms with van der Waals surface area (Å²) in [6, 6.07) is 0.980. The maximum Gasteiger partial charge on any atom is 0.346 e. The summed E-state index contributed by atoms with van der Waals surface area (Å²) in [4.78, 5) is 20.7. The van der Waals surface area contributed by atoms with Gasteiger partial charge in [0.2, 0.25) is 5.92 Å². The second-order valence-electron chi connectivity index (χ2n) is 3.32. The largest absolute Gasteiger partial charge is 0.477 e. The van der Waals surface area contributed by atoms with Crippen molar-refractivity contribution in [2.45, 2.75) is 19.3 Å². The van der Waals surface area contributed by atoms with E-state index in [1.807, 2.05) is 0 Å². The predicted molar refractivity (Wildman–Crippen MR) is 52.6 cm³/mol. The first-order chi connectivity index (χ1) is 7.20. The third-order valence-corrected chi connectivity index (χ3v) is 2.87. The van der Waals surface area contributed by atoms with Crippen LogP contribution >= 0.6 is 11.3 Å². The van der Waals surface area contributed by atoms with Gasteiger partial charge >= 0.3 is 11.9 Å². The van der Waals surface area contributed by atoms with Gasteiger partial charge in [-0.3, -0.25) is 0 Å². The first kappa shape index (κ1) is 12.6. The van der Waals surface area contributed by atoms with Gasteiger partial charge in [-0.1, -0.05) is 0 Å². The lowest BCUT2D eigenvalue weighted by Crippen LogP contribution is -2.15. The lowest BCUT2D eigenvalue weighted by atomic mass is 10.1. The van der Waals surface area contributed by atoms with Crippen molar-refractivity contribution in [3.05, 3.63) is 21.4 Å². The molecule has 1 heterocycles. The number of rotatable bonds is 4. The second kappa shape index (κ2) is 4.17. The number of carboxylic acid groups (broad SMARTS) is 2. The van der Waals surface area contributed by atoms with E-state index < -0.39 is 24.3 Å². The van der Waals surface area contributed by atoms with Crippen LogP contribution in [-0.4, -0.2) is 28.1 Å². The summed E-state index contributed by atoms with van der Waals surface area (Å²) in [5.74, 6) is -5.78. The van der Waals surface area contributed by atoms with E-state index in [9.17, 15) is 18.4 Å². The van der Waals surface area contributed by atoms with E-state index in [-0.39, 0.29) is 15.3 Å². The maximum atomic E-state index is 12.7. The minimum absolute atomic E-state index is 0.151. The number of carboxylic acids is 2. The zero-order chi connectivity index (χ0) is 12.5. The molecule has 16 heavy (non-hydrogen) atoms. The monoisotopic (exact) mass is 250 g/mol. The molecule has 0 atom stereocenters. The molecule has 0 aliphatic carbocycles. The molecular formula is C9H8F2O4S. The van der Waals surface area contributed by atoms with Crippen molar-refractivity contribution in [2.24, 2.45) is 0 Å². The number of alkyl halides is 2. The summed E-state index contributed by atoms with van der Waals surface area (Å²) >= 11 is 0.484. The number of aromatic carboxylic acids is 2. The smallest absolute Gasteiger partial charge is 0.346 e. The van der Waals surface area contributed by atoms with E-state index in [1.54, 1.807) is 0 Å². The van der Waals surface area contributed by atoms with Crippen molar-refractivity contribution in [3.63, 3.8) is 0 Å². The molecular weight excluding hydrogens is 242 g/mol. The Morgan fingerprint density at radius 2 is 1.94 bits per heavy atom. The Labute approximate surface area is 93.1 Å². The van der Waals surface area contributed by atoms with Crippen LogP contribution in [0.3, 0.4) is 0 Å². The quantitative estimate of drug-likeness (QED) is 0.860. The Morgan fingerprint density at radius 1 is 1.38 bits per heavy atom. The van der Waals surface area contributed by atoms with Gasteiger partial charge in [0.1, 0.15) is 9.75 Å². The highest BCUT2D eigenvalue weighted by molar-refractivity contribution is 7.16. The molecule has 1 rings (SSSR count). The lowest BCUT2D eigenvalue weighted by molar-refractivity contribution is 0.0224. The molecule has 0 aliphatic rings. The Hall–Kier alpha value is -1.50. The Morgan fingerprint density at radius 3 is 2.31 bits per heavy atom. The minimum Gasteiger partial charge on any atom is -0.477 e. The van der Waals surface area contributed by atoms with E-state index in [2.05, 4.69) is 0 Å². The molecule has 0 unspecified atom stereocenters. The number of hydrogen-bond acceptors (Lipinski definition) is 3. The number of halogens is 2. The van der Waals surface area contributed by atoms with E-state index in [0.717, 1.165) is 6.07 Å². The molecule has 4 nitrogen and oxygen atoms in total.